The van der Waals surface area contributed by atoms with Crippen molar-refractivity contribution in [3.63, 3.8) is 0 Å². The number of rotatable bonds is 6. The quantitative estimate of drug-likeness (QED) is 0.710. The minimum atomic E-state index is -0.135. The summed E-state index contributed by atoms with van der Waals surface area (Å²) in [6, 6.07) is 15.2. The zero-order chi connectivity index (χ0) is 17.5. The van der Waals surface area contributed by atoms with E-state index >= 15 is 0 Å². The van der Waals surface area contributed by atoms with Crippen molar-refractivity contribution in [1.82, 2.24) is 4.90 Å². The Kier molecular flexibility index (Phi) is 6.67. The standard InChI is InChI=1S/C19H23BrN2O2/c1-4-13-22(14(2)15-9-5-6-10-16(15)20)19(23)21-17-11-7-8-12-18(17)24-3/h5-12,14H,4,13H2,1-3H3,(H,21,23)/t14-/m1/s1. The summed E-state index contributed by atoms with van der Waals surface area (Å²) in [5.74, 6) is 0.649. The minimum absolute atomic E-state index is 0.0461. The Morgan fingerprint density at radius 1 is 1.21 bits per heavy atom. The van der Waals surface area contributed by atoms with Crippen molar-refractivity contribution in [3.05, 3.63) is 58.6 Å². The average Bonchev–Trinajstić information content (AvgIpc) is 2.60. The number of anilines is 1. The lowest BCUT2D eigenvalue weighted by Crippen LogP contribution is -2.37. The number of para-hydroxylation sites is 2. The Labute approximate surface area is 151 Å². The Morgan fingerprint density at radius 2 is 1.88 bits per heavy atom. The van der Waals surface area contributed by atoms with Crippen molar-refractivity contribution < 1.29 is 9.53 Å². The fourth-order valence-corrected chi connectivity index (χ4v) is 3.24. The molecule has 2 rings (SSSR count). The molecule has 1 N–H and O–H groups in total. The number of carbonyl (C=O) groups excluding carboxylic acids is 1. The second-order valence-electron chi connectivity index (χ2n) is 5.52. The van der Waals surface area contributed by atoms with Crippen LogP contribution in [0.15, 0.2) is 53.0 Å². The van der Waals surface area contributed by atoms with Crippen molar-refractivity contribution in [1.29, 1.82) is 0 Å². The van der Waals surface area contributed by atoms with Gasteiger partial charge in [-0.25, -0.2) is 4.79 Å². The molecule has 0 heterocycles. The fraction of sp³-hybridized carbons (Fsp3) is 0.316. The van der Waals surface area contributed by atoms with Crippen molar-refractivity contribution in [2.24, 2.45) is 0 Å². The SMILES string of the molecule is CCCN(C(=O)Nc1ccccc1OC)[C@H](C)c1ccccc1Br. The molecular weight excluding hydrogens is 368 g/mol. The van der Waals surface area contributed by atoms with Crippen LogP contribution in [0.25, 0.3) is 0 Å². The Balaban J connectivity index is 2.23. The molecule has 0 spiro atoms. The number of amides is 2. The lowest BCUT2D eigenvalue weighted by atomic mass is 10.1. The van der Waals surface area contributed by atoms with E-state index < -0.39 is 0 Å². The van der Waals surface area contributed by atoms with Gasteiger partial charge >= 0.3 is 6.03 Å². The molecule has 0 radical (unpaired) electrons. The van der Waals surface area contributed by atoms with Gasteiger partial charge in [0.15, 0.2) is 0 Å². The minimum Gasteiger partial charge on any atom is -0.495 e. The molecule has 0 fully saturated rings. The molecule has 0 aliphatic rings. The summed E-state index contributed by atoms with van der Waals surface area (Å²) in [7, 11) is 1.60. The predicted molar refractivity (Wildman–Crippen MR) is 102 cm³/mol. The van der Waals surface area contributed by atoms with E-state index in [4.69, 9.17) is 4.74 Å². The molecule has 2 aromatic rings. The average molecular weight is 391 g/mol. The van der Waals surface area contributed by atoms with Gasteiger partial charge in [-0.15, -0.1) is 0 Å². The lowest BCUT2D eigenvalue weighted by molar-refractivity contribution is 0.192. The highest BCUT2D eigenvalue weighted by molar-refractivity contribution is 9.10. The number of urea groups is 1. The summed E-state index contributed by atoms with van der Waals surface area (Å²) in [4.78, 5) is 14.7. The summed E-state index contributed by atoms with van der Waals surface area (Å²) in [6.45, 7) is 4.77. The third-order valence-corrected chi connectivity index (χ3v) is 4.62. The molecule has 4 nitrogen and oxygen atoms in total. The fourth-order valence-electron chi connectivity index (χ4n) is 2.63. The highest BCUT2D eigenvalue weighted by Crippen LogP contribution is 2.29. The van der Waals surface area contributed by atoms with E-state index in [1.807, 2.05) is 60.4 Å². The predicted octanol–water partition coefficient (Wildman–Crippen LogP) is 5.46. The Hall–Kier alpha value is -2.01. The van der Waals surface area contributed by atoms with Crippen LogP contribution in [-0.2, 0) is 0 Å². The van der Waals surface area contributed by atoms with Gasteiger partial charge in [0.25, 0.3) is 0 Å². The van der Waals surface area contributed by atoms with E-state index in [1.165, 1.54) is 0 Å². The number of carbonyl (C=O) groups is 1. The van der Waals surface area contributed by atoms with Crippen LogP contribution in [0.3, 0.4) is 0 Å². The molecule has 5 heteroatoms. The van der Waals surface area contributed by atoms with Gasteiger partial charge in [0.05, 0.1) is 18.8 Å². The molecule has 0 aromatic heterocycles. The van der Waals surface area contributed by atoms with Crippen molar-refractivity contribution >= 4 is 27.6 Å². The normalized spacial score (nSPS) is 11.7. The maximum absolute atomic E-state index is 12.8. The van der Waals surface area contributed by atoms with E-state index in [9.17, 15) is 4.79 Å². The summed E-state index contributed by atoms with van der Waals surface area (Å²) in [6.07, 6.45) is 0.883. The zero-order valence-electron chi connectivity index (χ0n) is 14.3. The number of methoxy groups -OCH3 is 1. The Bertz CT molecular complexity index is 691. The zero-order valence-corrected chi connectivity index (χ0v) is 15.8. The largest absolute Gasteiger partial charge is 0.495 e. The van der Waals surface area contributed by atoms with Crippen LogP contribution in [0.2, 0.25) is 0 Å². The molecule has 0 saturated carbocycles. The number of nitrogens with zero attached hydrogens (tertiary/aromatic N) is 1. The van der Waals surface area contributed by atoms with Crippen molar-refractivity contribution in [3.8, 4) is 5.75 Å². The molecule has 128 valence electrons. The number of hydrogen-bond acceptors (Lipinski definition) is 2. The van der Waals surface area contributed by atoms with Crippen LogP contribution in [-0.4, -0.2) is 24.6 Å². The first-order chi connectivity index (χ1) is 11.6. The van der Waals surface area contributed by atoms with Gasteiger partial charge in [0, 0.05) is 11.0 Å². The van der Waals surface area contributed by atoms with Gasteiger partial charge in [-0.1, -0.05) is 53.2 Å². The summed E-state index contributed by atoms with van der Waals surface area (Å²) < 4.78 is 6.31. The van der Waals surface area contributed by atoms with E-state index in [1.54, 1.807) is 7.11 Å². The number of halogens is 1. The smallest absolute Gasteiger partial charge is 0.322 e. The first-order valence-corrected chi connectivity index (χ1v) is 8.82. The van der Waals surface area contributed by atoms with Crippen LogP contribution in [0.1, 0.15) is 31.9 Å². The molecule has 24 heavy (non-hydrogen) atoms. The van der Waals surface area contributed by atoms with Crippen molar-refractivity contribution in [2.75, 3.05) is 19.0 Å². The molecular formula is C19H23BrN2O2. The molecule has 0 aliphatic heterocycles. The first kappa shape index (κ1) is 18.3. The van der Waals surface area contributed by atoms with Gasteiger partial charge in [0.2, 0.25) is 0 Å². The van der Waals surface area contributed by atoms with Gasteiger partial charge in [0.1, 0.15) is 5.75 Å². The molecule has 2 amide bonds. The van der Waals surface area contributed by atoms with E-state index in [-0.39, 0.29) is 12.1 Å². The van der Waals surface area contributed by atoms with Gasteiger partial charge in [-0.2, -0.15) is 0 Å². The molecule has 2 aromatic carbocycles. The summed E-state index contributed by atoms with van der Waals surface area (Å²) >= 11 is 3.58. The first-order valence-electron chi connectivity index (χ1n) is 8.03. The second kappa shape index (κ2) is 8.73. The van der Waals surface area contributed by atoms with Crippen molar-refractivity contribution in [2.45, 2.75) is 26.3 Å². The maximum Gasteiger partial charge on any atom is 0.322 e. The monoisotopic (exact) mass is 390 g/mol. The topological polar surface area (TPSA) is 41.6 Å². The highest BCUT2D eigenvalue weighted by atomic mass is 79.9. The van der Waals surface area contributed by atoms with Crippen LogP contribution >= 0.6 is 15.9 Å². The third kappa shape index (κ3) is 4.29. The summed E-state index contributed by atoms with van der Waals surface area (Å²) in [5, 5.41) is 2.96. The number of benzene rings is 2. The molecule has 1 atom stereocenters. The molecule has 0 bridgehead atoms. The van der Waals surface area contributed by atoms with Crippen LogP contribution in [0.5, 0.6) is 5.75 Å². The van der Waals surface area contributed by atoms with Crippen LogP contribution in [0.4, 0.5) is 10.5 Å². The van der Waals surface area contributed by atoms with E-state index in [0.717, 1.165) is 16.5 Å². The molecule has 0 aliphatic carbocycles. The number of hydrogen-bond donors (Lipinski definition) is 1. The van der Waals surface area contributed by atoms with Gasteiger partial charge in [-0.05, 0) is 37.1 Å². The van der Waals surface area contributed by atoms with Gasteiger partial charge < -0.3 is 15.0 Å². The molecule has 0 saturated heterocycles. The number of nitrogens with one attached hydrogen (secondary N) is 1. The lowest BCUT2D eigenvalue weighted by Gasteiger charge is -2.30. The third-order valence-electron chi connectivity index (χ3n) is 3.90. The summed E-state index contributed by atoms with van der Waals surface area (Å²) in [5.41, 5.74) is 1.76. The maximum atomic E-state index is 12.8. The van der Waals surface area contributed by atoms with Crippen LogP contribution < -0.4 is 10.1 Å². The molecule has 0 unspecified atom stereocenters. The second-order valence-corrected chi connectivity index (χ2v) is 6.38. The number of ether oxygens (including phenoxy) is 1. The Morgan fingerprint density at radius 3 is 2.54 bits per heavy atom. The van der Waals surface area contributed by atoms with E-state index in [0.29, 0.717) is 18.0 Å². The highest BCUT2D eigenvalue weighted by Gasteiger charge is 2.23. The van der Waals surface area contributed by atoms with E-state index in [2.05, 4.69) is 28.2 Å². The van der Waals surface area contributed by atoms with Gasteiger partial charge in [-0.3, -0.25) is 0 Å². The van der Waals surface area contributed by atoms with Crippen LogP contribution in [0, 0.1) is 0 Å².